The molecule has 0 spiro atoms. The highest BCUT2D eigenvalue weighted by atomic mass is 32.1. The maximum absolute atomic E-state index is 12.3. The van der Waals surface area contributed by atoms with E-state index in [9.17, 15) is 10.1 Å². The van der Waals surface area contributed by atoms with E-state index in [1.54, 1.807) is 0 Å². The van der Waals surface area contributed by atoms with Gasteiger partial charge in [0.05, 0.1) is 11.8 Å². The van der Waals surface area contributed by atoms with Gasteiger partial charge >= 0.3 is 0 Å². The Labute approximate surface area is 201 Å². The highest BCUT2D eigenvalue weighted by molar-refractivity contribution is 7.11. The van der Waals surface area contributed by atoms with Crippen LogP contribution in [0.15, 0.2) is 24.3 Å². The largest absolute Gasteiger partial charge is 0.369 e. The van der Waals surface area contributed by atoms with Crippen molar-refractivity contribution in [2.24, 2.45) is 11.7 Å². The molecule has 2 heterocycles. The number of hydrogen-bond acceptors (Lipinski definition) is 7. The Bertz CT molecular complexity index is 970. The second kappa shape index (κ2) is 11.0. The van der Waals surface area contributed by atoms with Gasteiger partial charge in [-0.15, -0.1) is 0 Å². The van der Waals surface area contributed by atoms with Crippen molar-refractivity contribution in [2.75, 3.05) is 42.5 Å². The molecule has 0 bridgehead atoms. The van der Waals surface area contributed by atoms with Crippen LogP contribution >= 0.6 is 11.5 Å². The lowest BCUT2D eigenvalue weighted by atomic mass is 10.00. The van der Waals surface area contributed by atoms with Crippen molar-refractivity contribution in [3.8, 4) is 17.2 Å². The number of nitrogens with zero attached hydrogens (tertiary/aromatic N) is 5. The number of carbonyl (C=O) groups is 1. The van der Waals surface area contributed by atoms with Gasteiger partial charge in [0.1, 0.15) is 17.6 Å². The van der Waals surface area contributed by atoms with E-state index in [-0.39, 0.29) is 12.5 Å². The molecular formula is C25H36N6OS. The first kappa shape index (κ1) is 25.0. The van der Waals surface area contributed by atoms with Crippen LogP contribution in [-0.2, 0) is 4.79 Å². The molecule has 3 rings (SSSR count). The Morgan fingerprint density at radius 2 is 1.82 bits per heavy atom. The minimum atomic E-state index is -0.542. The van der Waals surface area contributed by atoms with E-state index in [1.807, 2.05) is 11.8 Å². The zero-order valence-electron chi connectivity index (χ0n) is 20.4. The topological polar surface area (TPSA) is 89.5 Å². The summed E-state index contributed by atoms with van der Waals surface area (Å²) in [6.07, 6.45) is 0.592. The molecule has 1 atom stereocenters. The number of piperazine rings is 1. The molecule has 1 saturated heterocycles. The van der Waals surface area contributed by atoms with Crippen molar-refractivity contribution < 1.29 is 4.79 Å². The third kappa shape index (κ3) is 5.84. The van der Waals surface area contributed by atoms with Gasteiger partial charge in [0.25, 0.3) is 0 Å². The standard InChI is InChI=1S/C25H36N6OS/c1-17(2)16-22(24(27)32)31(11-10-26)25-23(19(5)28-33-25)20-6-8-21(9-7-20)30-14-12-29(13-15-30)18(3)4/h6-9,17-18,22H,11-16H2,1-5H3,(H2,27,32)/t22-/m0/s1. The smallest absolute Gasteiger partial charge is 0.240 e. The molecule has 1 amide bonds. The zero-order chi connectivity index (χ0) is 24.1. The van der Waals surface area contributed by atoms with Crippen LogP contribution in [0.3, 0.4) is 0 Å². The molecule has 1 aliphatic heterocycles. The summed E-state index contributed by atoms with van der Waals surface area (Å²) in [4.78, 5) is 19.1. The SMILES string of the molecule is Cc1nsc(N(CC#N)[C@@H](CC(C)C)C(N)=O)c1-c1ccc(N2CCN(C(C)C)CC2)cc1. The third-order valence-corrected chi connectivity index (χ3v) is 7.29. The van der Waals surface area contributed by atoms with Crippen molar-refractivity contribution in [1.82, 2.24) is 9.27 Å². The van der Waals surface area contributed by atoms with Crippen LogP contribution in [0.25, 0.3) is 11.1 Å². The van der Waals surface area contributed by atoms with E-state index in [1.165, 1.54) is 17.2 Å². The van der Waals surface area contributed by atoms with Crippen LogP contribution in [0.5, 0.6) is 0 Å². The first-order valence-electron chi connectivity index (χ1n) is 11.7. The molecule has 0 radical (unpaired) electrons. The lowest BCUT2D eigenvalue weighted by Crippen LogP contribution is -2.48. The molecular weight excluding hydrogens is 432 g/mol. The molecule has 178 valence electrons. The van der Waals surface area contributed by atoms with Gasteiger partial charge in [-0.05, 0) is 62.3 Å². The van der Waals surface area contributed by atoms with E-state index >= 15 is 0 Å². The van der Waals surface area contributed by atoms with E-state index < -0.39 is 11.9 Å². The molecule has 1 aliphatic rings. The Morgan fingerprint density at radius 1 is 1.18 bits per heavy atom. The number of hydrogen-bond donors (Lipinski definition) is 1. The van der Waals surface area contributed by atoms with Crippen LogP contribution in [-0.4, -0.2) is 60.0 Å². The quantitative estimate of drug-likeness (QED) is 0.562. The van der Waals surface area contributed by atoms with Gasteiger partial charge in [-0.25, -0.2) is 0 Å². The predicted molar refractivity (Wildman–Crippen MR) is 137 cm³/mol. The highest BCUT2D eigenvalue weighted by Gasteiger charge is 2.29. The van der Waals surface area contributed by atoms with Crippen molar-refractivity contribution in [3.63, 3.8) is 0 Å². The summed E-state index contributed by atoms with van der Waals surface area (Å²) in [5, 5.41) is 10.3. The monoisotopic (exact) mass is 468 g/mol. The molecule has 8 heteroatoms. The van der Waals surface area contributed by atoms with Crippen molar-refractivity contribution in [1.29, 1.82) is 5.26 Å². The van der Waals surface area contributed by atoms with Gasteiger partial charge in [0, 0.05) is 43.5 Å². The molecule has 1 aromatic carbocycles. The van der Waals surface area contributed by atoms with Gasteiger partial charge in [-0.3, -0.25) is 9.69 Å². The Balaban J connectivity index is 1.88. The second-order valence-electron chi connectivity index (χ2n) is 9.45. The lowest BCUT2D eigenvalue weighted by Gasteiger charge is -2.38. The third-order valence-electron chi connectivity index (χ3n) is 6.31. The van der Waals surface area contributed by atoms with Crippen LogP contribution in [0, 0.1) is 24.2 Å². The first-order valence-corrected chi connectivity index (χ1v) is 12.5. The predicted octanol–water partition coefficient (Wildman–Crippen LogP) is 3.88. The fourth-order valence-corrected chi connectivity index (χ4v) is 5.43. The summed E-state index contributed by atoms with van der Waals surface area (Å²) in [6, 6.07) is 10.8. The second-order valence-corrected chi connectivity index (χ2v) is 10.2. The normalized spacial score (nSPS) is 15.6. The molecule has 0 aliphatic carbocycles. The number of nitrogens with two attached hydrogens (primary N) is 1. The molecule has 1 aromatic heterocycles. The van der Waals surface area contributed by atoms with E-state index in [0.717, 1.165) is 48.0 Å². The maximum atomic E-state index is 12.3. The van der Waals surface area contributed by atoms with Crippen molar-refractivity contribution >= 4 is 28.1 Å². The molecule has 33 heavy (non-hydrogen) atoms. The average molecular weight is 469 g/mol. The zero-order valence-corrected chi connectivity index (χ0v) is 21.2. The summed E-state index contributed by atoms with van der Waals surface area (Å²) in [5.74, 6) is -0.136. The summed E-state index contributed by atoms with van der Waals surface area (Å²) < 4.78 is 4.58. The minimum absolute atomic E-state index is 0.0904. The number of aryl methyl sites for hydroxylation is 1. The molecule has 0 unspecified atom stereocenters. The summed E-state index contributed by atoms with van der Waals surface area (Å²) in [5.41, 5.74) is 9.89. The van der Waals surface area contributed by atoms with Crippen LogP contribution in [0.4, 0.5) is 10.7 Å². The van der Waals surface area contributed by atoms with Gasteiger partial charge < -0.3 is 15.5 Å². The van der Waals surface area contributed by atoms with Crippen LogP contribution in [0.2, 0.25) is 0 Å². The van der Waals surface area contributed by atoms with Gasteiger partial charge in [-0.2, -0.15) is 9.64 Å². The molecule has 2 N–H and O–H groups in total. The number of amides is 1. The fraction of sp³-hybridized carbons (Fsp3) is 0.560. The Morgan fingerprint density at radius 3 is 2.33 bits per heavy atom. The number of nitriles is 1. The molecule has 2 aromatic rings. The molecule has 1 fully saturated rings. The van der Waals surface area contributed by atoms with Gasteiger partial charge in [0.2, 0.25) is 5.91 Å². The average Bonchev–Trinajstić information content (AvgIpc) is 3.17. The minimum Gasteiger partial charge on any atom is -0.369 e. The Hall–Kier alpha value is -2.63. The number of carbonyl (C=O) groups excluding carboxylic acids is 1. The number of primary amides is 1. The summed E-state index contributed by atoms with van der Waals surface area (Å²) in [6.45, 7) is 14.9. The molecule has 0 saturated carbocycles. The summed E-state index contributed by atoms with van der Waals surface area (Å²) in [7, 11) is 0. The first-order chi connectivity index (χ1) is 15.7. The van der Waals surface area contributed by atoms with Gasteiger partial charge in [0.15, 0.2) is 0 Å². The van der Waals surface area contributed by atoms with Gasteiger partial charge in [-0.1, -0.05) is 26.0 Å². The fourth-order valence-electron chi connectivity index (χ4n) is 4.46. The van der Waals surface area contributed by atoms with Crippen molar-refractivity contribution in [3.05, 3.63) is 30.0 Å². The van der Waals surface area contributed by atoms with E-state index in [2.05, 4.69) is 72.2 Å². The van der Waals surface area contributed by atoms with Crippen molar-refractivity contribution in [2.45, 2.75) is 53.1 Å². The lowest BCUT2D eigenvalue weighted by molar-refractivity contribution is -0.119. The van der Waals surface area contributed by atoms with E-state index in [0.29, 0.717) is 12.5 Å². The van der Waals surface area contributed by atoms with Crippen LogP contribution in [0.1, 0.15) is 39.8 Å². The number of benzene rings is 1. The van der Waals surface area contributed by atoms with E-state index in [4.69, 9.17) is 5.73 Å². The number of anilines is 2. The number of rotatable bonds is 9. The number of aromatic nitrogens is 1. The Kier molecular flexibility index (Phi) is 8.33. The van der Waals surface area contributed by atoms with Crippen LogP contribution < -0.4 is 15.5 Å². The maximum Gasteiger partial charge on any atom is 0.240 e. The summed E-state index contributed by atoms with van der Waals surface area (Å²) >= 11 is 1.33. The molecule has 7 nitrogen and oxygen atoms in total. The highest BCUT2D eigenvalue weighted by Crippen LogP contribution is 2.39.